The van der Waals surface area contributed by atoms with E-state index in [-0.39, 0.29) is 24.5 Å². The second kappa shape index (κ2) is 6.08. The minimum atomic E-state index is -0.304. The Morgan fingerprint density at radius 3 is 3.00 bits per heavy atom. The Balaban J connectivity index is 0.00000121. The van der Waals surface area contributed by atoms with Gasteiger partial charge in [-0.25, -0.2) is 4.79 Å². The van der Waals surface area contributed by atoms with Gasteiger partial charge in [0.25, 0.3) is 0 Å². The van der Waals surface area contributed by atoms with E-state index in [2.05, 4.69) is 10.6 Å². The molecular weight excluding hydrogens is 180 g/mol. The first-order valence-corrected chi connectivity index (χ1v) is 3.97. The summed E-state index contributed by atoms with van der Waals surface area (Å²) in [6.45, 7) is 4.08. The number of amides is 1. The van der Waals surface area contributed by atoms with Crippen molar-refractivity contribution in [1.29, 1.82) is 0 Å². The van der Waals surface area contributed by atoms with Crippen LogP contribution in [0, 0.1) is 0 Å². The van der Waals surface area contributed by atoms with Crippen LogP contribution in [-0.4, -0.2) is 31.8 Å². The summed E-state index contributed by atoms with van der Waals surface area (Å²) < 4.78 is 4.73. The van der Waals surface area contributed by atoms with E-state index < -0.39 is 0 Å². The van der Waals surface area contributed by atoms with Crippen LogP contribution in [0.3, 0.4) is 0 Å². The van der Waals surface area contributed by atoms with Gasteiger partial charge in [-0.15, -0.1) is 12.4 Å². The third kappa shape index (κ3) is 3.78. The normalized spacial score (nSPS) is 21.2. The van der Waals surface area contributed by atoms with Gasteiger partial charge in [-0.2, -0.15) is 0 Å². The zero-order valence-electron chi connectivity index (χ0n) is 7.13. The van der Waals surface area contributed by atoms with Gasteiger partial charge in [0.1, 0.15) is 0 Å². The third-order valence-electron chi connectivity index (χ3n) is 1.66. The van der Waals surface area contributed by atoms with Gasteiger partial charge >= 0.3 is 6.09 Å². The molecule has 0 bridgehead atoms. The zero-order chi connectivity index (χ0) is 8.10. The topological polar surface area (TPSA) is 50.4 Å². The van der Waals surface area contributed by atoms with E-state index in [0.29, 0.717) is 6.61 Å². The molecule has 0 aromatic heterocycles. The zero-order valence-corrected chi connectivity index (χ0v) is 7.95. The maximum atomic E-state index is 10.8. The van der Waals surface area contributed by atoms with Crippen LogP contribution in [0.1, 0.15) is 13.3 Å². The lowest BCUT2D eigenvalue weighted by molar-refractivity contribution is 0.149. The number of hydrogen-bond acceptors (Lipinski definition) is 3. The summed E-state index contributed by atoms with van der Waals surface area (Å²) in [7, 11) is 0. The molecule has 1 aliphatic rings. The highest BCUT2D eigenvalue weighted by Crippen LogP contribution is 1.96. The van der Waals surface area contributed by atoms with Gasteiger partial charge in [-0.05, 0) is 19.9 Å². The molecule has 0 radical (unpaired) electrons. The number of halogens is 1. The van der Waals surface area contributed by atoms with E-state index in [9.17, 15) is 4.79 Å². The molecule has 5 heteroatoms. The fourth-order valence-electron chi connectivity index (χ4n) is 1.12. The summed E-state index contributed by atoms with van der Waals surface area (Å²) in [6.07, 6.45) is 0.694. The van der Waals surface area contributed by atoms with Gasteiger partial charge < -0.3 is 15.4 Å². The van der Waals surface area contributed by atoms with Crippen molar-refractivity contribution in [2.45, 2.75) is 19.4 Å². The number of carbonyl (C=O) groups excluding carboxylic acids is 1. The number of nitrogens with one attached hydrogen (secondary N) is 2. The van der Waals surface area contributed by atoms with Gasteiger partial charge in [0.05, 0.1) is 6.61 Å². The van der Waals surface area contributed by atoms with Crippen molar-refractivity contribution < 1.29 is 9.53 Å². The predicted octanol–water partition coefficient (Wildman–Crippen LogP) is 0.516. The van der Waals surface area contributed by atoms with Crippen LogP contribution in [0.2, 0.25) is 0 Å². The summed E-state index contributed by atoms with van der Waals surface area (Å²) in [5.74, 6) is 0. The van der Waals surface area contributed by atoms with Crippen molar-refractivity contribution in [3.8, 4) is 0 Å². The average molecular weight is 195 g/mol. The minimum Gasteiger partial charge on any atom is -0.450 e. The standard InChI is InChI=1S/C7H14N2O2.ClH/c1-2-11-7(10)9-6-3-4-8-5-6;/h6,8H,2-5H2,1H3,(H,9,10);1H/t6-;/m1./s1. The lowest BCUT2D eigenvalue weighted by Gasteiger charge is -2.09. The van der Waals surface area contributed by atoms with Crippen molar-refractivity contribution in [2.75, 3.05) is 19.7 Å². The molecular formula is C7H15ClN2O2. The second-order valence-corrected chi connectivity index (χ2v) is 2.55. The first-order chi connectivity index (χ1) is 5.33. The quantitative estimate of drug-likeness (QED) is 0.674. The molecule has 2 N–H and O–H groups in total. The van der Waals surface area contributed by atoms with Crippen molar-refractivity contribution in [2.24, 2.45) is 0 Å². The highest BCUT2D eigenvalue weighted by molar-refractivity contribution is 5.85. The first-order valence-electron chi connectivity index (χ1n) is 3.97. The van der Waals surface area contributed by atoms with Gasteiger partial charge in [-0.1, -0.05) is 0 Å². The van der Waals surface area contributed by atoms with Gasteiger partial charge in [0.15, 0.2) is 0 Å². The monoisotopic (exact) mass is 194 g/mol. The molecule has 4 nitrogen and oxygen atoms in total. The Morgan fingerprint density at radius 2 is 2.50 bits per heavy atom. The van der Waals surface area contributed by atoms with E-state index in [0.717, 1.165) is 19.5 Å². The lowest BCUT2D eigenvalue weighted by atomic mass is 10.3. The number of hydrogen-bond donors (Lipinski definition) is 2. The van der Waals surface area contributed by atoms with Crippen LogP contribution >= 0.6 is 12.4 Å². The summed E-state index contributed by atoms with van der Waals surface area (Å²) >= 11 is 0. The smallest absolute Gasteiger partial charge is 0.407 e. The van der Waals surface area contributed by atoms with Crippen molar-refractivity contribution in [3.05, 3.63) is 0 Å². The van der Waals surface area contributed by atoms with Crippen LogP contribution in [0.4, 0.5) is 4.79 Å². The van der Waals surface area contributed by atoms with E-state index in [1.165, 1.54) is 0 Å². The number of alkyl carbamates (subject to hydrolysis) is 1. The number of rotatable bonds is 2. The Labute approximate surface area is 78.5 Å². The molecule has 0 spiro atoms. The number of carbonyl (C=O) groups is 1. The van der Waals surface area contributed by atoms with E-state index in [4.69, 9.17) is 4.74 Å². The van der Waals surface area contributed by atoms with E-state index >= 15 is 0 Å². The van der Waals surface area contributed by atoms with Crippen LogP contribution in [-0.2, 0) is 4.74 Å². The lowest BCUT2D eigenvalue weighted by Crippen LogP contribution is -2.36. The maximum Gasteiger partial charge on any atom is 0.407 e. The molecule has 0 aromatic carbocycles. The fourth-order valence-corrected chi connectivity index (χ4v) is 1.12. The molecule has 0 aromatic rings. The van der Waals surface area contributed by atoms with Gasteiger partial charge in [-0.3, -0.25) is 0 Å². The van der Waals surface area contributed by atoms with Crippen LogP contribution in [0.15, 0.2) is 0 Å². The second-order valence-electron chi connectivity index (χ2n) is 2.55. The molecule has 72 valence electrons. The van der Waals surface area contributed by atoms with E-state index in [1.54, 1.807) is 6.92 Å². The van der Waals surface area contributed by atoms with Gasteiger partial charge in [0, 0.05) is 12.6 Å². The van der Waals surface area contributed by atoms with Crippen molar-refractivity contribution in [3.63, 3.8) is 0 Å². The summed E-state index contributed by atoms with van der Waals surface area (Å²) in [4.78, 5) is 10.8. The average Bonchev–Trinajstić information content (AvgIpc) is 2.40. The Morgan fingerprint density at radius 1 is 1.75 bits per heavy atom. The molecule has 0 aliphatic carbocycles. The molecule has 0 unspecified atom stereocenters. The molecule has 12 heavy (non-hydrogen) atoms. The third-order valence-corrected chi connectivity index (χ3v) is 1.66. The van der Waals surface area contributed by atoms with Crippen molar-refractivity contribution >= 4 is 18.5 Å². The summed E-state index contributed by atoms with van der Waals surface area (Å²) in [6, 6.07) is 0.258. The van der Waals surface area contributed by atoms with E-state index in [1.807, 2.05) is 0 Å². The maximum absolute atomic E-state index is 10.8. The van der Waals surface area contributed by atoms with Crippen molar-refractivity contribution in [1.82, 2.24) is 10.6 Å². The van der Waals surface area contributed by atoms with Gasteiger partial charge in [0.2, 0.25) is 0 Å². The fraction of sp³-hybridized carbons (Fsp3) is 0.857. The molecule has 1 atom stereocenters. The molecule has 1 saturated heterocycles. The molecule has 1 aliphatic heterocycles. The first kappa shape index (κ1) is 11.5. The van der Waals surface area contributed by atoms with Crippen LogP contribution in [0.5, 0.6) is 0 Å². The molecule has 1 heterocycles. The minimum absolute atomic E-state index is 0. The summed E-state index contributed by atoms with van der Waals surface area (Å²) in [5, 5.41) is 5.91. The van der Waals surface area contributed by atoms with Crippen LogP contribution in [0.25, 0.3) is 0 Å². The largest absolute Gasteiger partial charge is 0.450 e. The highest BCUT2D eigenvalue weighted by atomic mass is 35.5. The Bertz CT molecular complexity index is 137. The van der Waals surface area contributed by atoms with Crippen LogP contribution < -0.4 is 10.6 Å². The Kier molecular flexibility index (Phi) is 5.84. The molecule has 0 saturated carbocycles. The molecule has 1 fully saturated rings. The SMILES string of the molecule is CCOC(=O)N[C@@H]1CCNC1.Cl. The summed E-state index contributed by atoms with van der Waals surface area (Å²) in [5.41, 5.74) is 0. The number of ether oxygens (including phenoxy) is 1. The molecule has 1 amide bonds. The molecule has 1 rings (SSSR count). The highest BCUT2D eigenvalue weighted by Gasteiger charge is 2.16. The predicted molar refractivity (Wildman–Crippen MR) is 48.7 cm³/mol. The Hall–Kier alpha value is -0.480.